The molecule has 8 heteroatoms. The maximum absolute atomic E-state index is 13.0. The summed E-state index contributed by atoms with van der Waals surface area (Å²) in [6.07, 6.45) is 4.44. The normalized spacial score (nSPS) is 14.8. The van der Waals surface area contributed by atoms with E-state index in [0.29, 0.717) is 12.8 Å². The molecule has 0 bridgehead atoms. The van der Waals surface area contributed by atoms with E-state index in [4.69, 9.17) is 5.21 Å². The van der Waals surface area contributed by atoms with Gasteiger partial charge in [-0.25, -0.2) is 5.48 Å². The molecule has 176 valence electrons. The highest BCUT2D eigenvalue weighted by atomic mass is 16.5. The number of hydrogen-bond donors (Lipinski definition) is 5. The van der Waals surface area contributed by atoms with Crippen LogP contribution in [0.1, 0.15) is 58.9 Å². The molecule has 1 fully saturated rings. The van der Waals surface area contributed by atoms with E-state index in [-0.39, 0.29) is 30.2 Å². The van der Waals surface area contributed by atoms with E-state index in [9.17, 15) is 14.4 Å². The Kier molecular flexibility index (Phi) is 9.71. The Balaban J connectivity index is 0.00000176. The number of para-hydroxylation sites is 1. The summed E-state index contributed by atoms with van der Waals surface area (Å²) < 4.78 is 0. The van der Waals surface area contributed by atoms with E-state index in [0.717, 1.165) is 29.3 Å². The van der Waals surface area contributed by atoms with Gasteiger partial charge in [0, 0.05) is 41.9 Å². The molecule has 1 aromatic heterocycles. The maximum Gasteiger partial charge on any atom is 0.244 e. The molecular weight excluding hydrogens is 408 g/mol. The van der Waals surface area contributed by atoms with Gasteiger partial charge in [-0.1, -0.05) is 45.9 Å². The summed E-state index contributed by atoms with van der Waals surface area (Å²) in [5.41, 5.74) is 3.50. The number of carbonyl (C=O) groups is 3. The van der Waals surface area contributed by atoms with E-state index in [1.807, 2.05) is 58.2 Å². The molecule has 1 aliphatic carbocycles. The third-order valence-electron chi connectivity index (χ3n) is 5.34. The van der Waals surface area contributed by atoms with Gasteiger partial charge in [-0.05, 0) is 36.8 Å². The minimum atomic E-state index is -0.746. The van der Waals surface area contributed by atoms with Gasteiger partial charge < -0.3 is 15.6 Å². The van der Waals surface area contributed by atoms with Gasteiger partial charge in [-0.3, -0.25) is 19.6 Å². The van der Waals surface area contributed by atoms with Gasteiger partial charge in [0.1, 0.15) is 6.04 Å². The molecule has 1 saturated carbocycles. The fraction of sp³-hybridized carbons (Fsp3) is 0.542. The standard InChI is InChI=1S/C22H30N4O4.C2H6/c1-13(2)9-14(11-20(27)26-30)21(28)25-19(22(29)24-16-7-8-16)10-15-12-23-18-6-4-3-5-17(15)18;1-2/h3-6,12-14,16,19,23,30H,7-11H2,1-2H3,(H,24,29)(H,25,28)(H,26,27);1-2H3/t14-,19+;/m1./s1. The summed E-state index contributed by atoms with van der Waals surface area (Å²) >= 11 is 0. The smallest absolute Gasteiger partial charge is 0.244 e. The number of aromatic amines is 1. The average molecular weight is 445 g/mol. The van der Waals surface area contributed by atoms with Crippen LogP contribution in [-0.4, -0.2) is 40.0 Å². The lowest BCUT2D eigenvalue weighted by atomic mass is 9.92. The fourth-order valence-corrected chi connectivity index (χ4v) is 3.67. The fourth-order valence-electron chi connectivity index (χ4n) is 3.67. The van der Waals surface area contributed by atoms with Crippen molar-refractivity contribution in [2.45, 2.75) is 71.9 Å². The van der Waals surface area contributed by atoms with Crippen LogP contribution in [0.3, 0.4) is 0 Å². The first-order valence-corrected chi connectivity index (χ1v) is 11.5. The van der Waals surface area contributed by atoms with Gasteiger partial charge in [0.2, 0.25) is 17.7 Å². The van der Waals surface area contributed by atoms with Crippen molar-refractivity contribution in [3.63, 3.8) is 0 Å². The number of fused-ring (bicyclic) bond motifs is 1. The van der Waals surface area contributed by atoms with Crippen LogP contribution in [0.15, 0.2) is 30.5 Å². The quantitative estimate of drug-likeness (QED) is 0.285. The second-order valence-corrected chi connectivity index (χ2v) is 8.47. The van der Waals surface area contributed by atoms with E-state index in [1.54, 1.807) is 5.48 Å². The second kappa shape index (κ2) is 12.2. The first-order chi connectivity index (χ1) is 15.4. The highest BCUT2D eigenvalue weighted by Gasteiger charge is 2.31. The van der Waals surface area contributed by atoms with Crippen molar-refractivity contribution in [1.82, 2.24) is 21.1 Å². The molecule has 0 saturated heterocycles. The number of nitrogens with one attached hydrogen (secondary N) is 4. The molecule has 2 atom stereocenters. The Bertz CT molecular complexity index is 904. The monoisotopic (exact) mass is 444 g/mol. The highest BCUT2D eigenvalue weighted by molar-refractivity contribution is 5.92. The van der Waals surface area contributed by atoms with Crippen molar-refractivity contribution >= 4 is 28.6 Å². The van der Waals surface area contributed by atoms with Crippen LogP contribution in [-0.2, 0) is 20.8 Å². The number of hydroxylamine groups is 1. The minimum absolute atomic E-state index is 0.134. The zero-order valence-corrected chi connectivity index (χ0v) is 19.4. The molecule has 3 amide bonds. The highest BCUT2D eigenvalue weighted by Crippen LogP contribution is 2.22. The van der Waals surface area contributed by atoms with Gasteiger partial charge in [0.15, 0.2) is 0 Å². The van der Waals surface area contributed by atoms with Crippen molar-refractivity contribution in [2.24, 2.45) is 11.8 Å². The lowest BCUT2D eigenvalue weighted by molar-refractivity contribution is -0.136. The Morgan fingerprint density at radius 2 is 1.81 bits per heavy atom. The van der Waals surface area contributed by atoms with Crippen LogP contribution in [0.2, 0.25) is 0 Å². The Morgan fingerprint density at radius 1 is 1.12 bits per heavy atom. The number of aromatic nitrogens is 1. The van der Waals surface area contributed by atoms with Crippen LogP contribution in [0.5, 0.6) is 0 Å². The summed E-state index contributed by atoms with van der Waals surface area (Å²) in [7, 11) is 0. The largest absolute Gasteiger partial charge is 0.361 e. The molecule has 3 rings (SSSR count). The minimum Gasteiger partial charge on any atom is -0.361 e. The summed E-state index contributed by atoms with van der Waals surface area (Å²) in [6.45, 7) is 7.92. The van der Waals surface area contributed by atoms with Crippen molar-refractivity contribution in [3.05, 3.63) is 36.0 Å². The molecule has 1 aliphatic rings. The van der Waals surface area contributed by atoms with E-state index in [2.05, 4.69) is 15.6 Å². The lowest BCUT2D eigenvalue weighted by Crippen LogP contribution is -2.50. The topological polar surface area (TPSA) is 123 Å². The van der Waals surface area contributed by atoms with E-state index < -0.39 is 17.9 Å². The predicted molar refractivity (Wildman–Crippen MR) is 124 cm³/mol. The third-order valence-corrected chi connectivity index (χ3v) is 5.34. The lowest BCUT2D eigenvalue weighted by Gasteiger charge is -2.23. The molecule has 8 nitrogen and oxygen atoms in total. The number of amides is 3. The average Bonchev–Trinajstić information content (AvgIpc) is 3.51. The zero-order valence-electron chi connectivity index (χ0n) is 19.4. The number of carbonyl (C=O) groups excluding carboxylic acids is 3. The van der Waals surface area contributed by atoms with Gasteiger partial charge in [0.25, 0.3) is 0 Å². The number of H-pyrrole nitrogens is 1. The SMILES string of the molecule is CC.CC(C)C[C@H](CC(=O)NO)C(=O)N[C@@H](Cc1c[nH]c2ccccc12)C(=O)NC1CC1. The summed E-state index contributed by atoms with van der Waals surface area (Å²) in [5, 5.41) is 15.7. The summed E-state index contributed by atoms with van der Waals surface area (Å²) in [5.74, 6) is -1.64. The van der Waals surface area contributed by atoms with Crippen molar-refractivity contribution < 1.29 is 19.6 Å². The summed E-state index contributed by atoms with van der Waals surface area (Å²) in [6, 6.07) is 7.24. The Morgan fingerprint density at radius 3 is 2.44 bits per heavy atom. The Labute approximate surface area is 189 Å². The van der Waals surface area contributed by atoms with Crippen molar-refractivity contribution in [1.29, 1.82) is 0 Å². The zero-order chi connectivity index (χ0) is 23.7. The van der Waals surface area contributed by atoms with Crippen LogP contribution in [0.25, 0.3) is 10.9 Å². The number of hydrogen-bond acceptors (Lipinski definition) is 4. The second-order valence-electron chi connectivity index (χ2n) is 8.47. The van der Waals surface area contributed by atoms with Crippen molar-refractivity contribution in [2.75, 3.05) is 0 Å². The van der Waals surface area contributed by atoms with Crippen LogP contribution in [0.4, 0.5) is 0 Å². The van der Waals surface area contributed by atoms with Gasteiger partial charge in [-0.2, -0.15) is 0 Å². The Hall–Kier alpha value is -2.87. The molecule has 0 unspecified atom stereocenters. The molecule has 2 aromatic rings. The summed E-state index contributed by atoms with van der Waals surface area (Å²) in [4.78, 5) is 40.7. The maximum atomic E-state index is 13.0. The molecule has 1 aromatic carbocycles. The van der Waals surface area contributed by atoms with Crippen LogP contribution >= 0.6 is 0 Å². The van der Waals surface area contributed by atoms with E-state index in [1.165, 1.54) is 0 Å². The van der Waals surface area contributed by atoms with Crippen LogP contribution < -0.4 is 16.1 Å². The molecular formula is C24H36N4O4. The first kappa shape index (κ1) is 25.4. The molecule has 0 aliphatic heterocycles. The molecule has 5 N–H and O–H groups in total. The number of rotatable bonds is 10. The molecule has 1 heterocycles. The van der Waals surface area contributed by atoms with Crippen LogP contribution in [0, 0.1) is 11.8 Å². The van der Waals surface area contributed by atoms with Gasteiger partial charge >= 0.3 is 0 Å². The predicted octanol–water partition coefficient (Wildman–Crippen LogP) is 3.06. The van der Waals surface area contributed by atoms with E-state index >= 15 is 0 Å². The third kappa shape index (κ3) is 7.37. The molecule has 32 heavy (non-hydrogen) atoms. The first-order valence-electron chi connectivity index (χ1n) is 11.5. The molecule has 0 radical (unpaired) electrons. The number of benzene rings is 1. The molecule has 0 spiro atoms. The van der Waals surface area contributed by atoms with Crippen molar-refractivity contribution in [3.8, 4) is 0 Å². The van der Waals surface area contributed by atoms with Gasteiger partial charge in [0.05, 0.1) is 0 Å². The van der Waals surface area contributed by atoms with Gasteiger partial charge in [-0.15, -0.1) is 0 Å².